The van der Waals surface area contributed by atoms with Crippen molar-refractivity contribution < 1.29 is 18.4 Å². The van der Waals surface area contributed by atoms with Gasteiger partial charge in [0, 0.05) is 10.8 Å². The lowest BCUT2D eigenvalue weighted by molar-refractivity contribution is -0.137. The molecule has 2 N–H and O–H groups in total. The lowest BCUT2D eigenvalue weighted by Gasteiger charge is -2.19. The van der Waals surface area contributed by atoms with Crippen molar-refractivity contribution in [2.24, 2.45) is 4.99 Å². The van der Waals surface area contributed by atoms with E-state index >= 15 is 0 Å². The third-order valence-corrected chi connectivity index (χ3v) is 3.44. The van der Waals surface area contributed by atoms with Crippen LogP contribution in [-0.4, -0.2) is 22.7 Å². The van der Waals surface area contributed by atoms with Crippen molar-refractivity contribution in [2.45, 2.75) is 6.18 Å². The predicted octanol–water partition coefficient (Wildman–Crippen LogP) is 2.16. The normalized spacial score (nSPS) is 15.0. The van der Waals surface area contributed by atoms with E-state index in [1.807, 2.05) is 0 Å². The zero-order valence-electron chi connectivity index (χ0n) is 11.8. The number of nitrogens with one attached hydrogen (secondary N) is 1. The van der Waals surface area contributed by atoms with E-state index in [1.54, 1.807) is 30.3 Å². The molecule has 118 valence electrons. The molecule has 2 aromatic rings. The fraction of sp³-hybridized carbons (Fsp3) is 0.125. The van der Waals surface area contributed by atoms with Gasteiger partial charge in [-0.15, -0.1) is 0 Å². The Kier molecular flexibility index (Phi) is 3.65. The Labute approximate surface area is 129 Å². The Morgan fingerprint density at radius 1 is 1.09 bits per heavy atom. The molecule has 0 unspecified atom stereocenters. The van der Waals surface area contributed by atoms with E-state index in [1.165, 1.54) is 6.07 Å². The van der Waals surface area contributed by atoms with Gasteiger partial charge in [0.15, 0.2) is 0 Å². The van der Waals surface area contributed by atoms with Crippen molar-refractivity contribution in [1.29, 1.82) is 5.41 Å². The number of amidine groups is 1. The number of nitrogens with zero attached hydrogens (tertiary/aromatic N) is 2. The molecule has 3 rings (SSSR count). The molecule has 0 saturated carbocycles. The van der Waals surface area contributed by atoms with Gasteiger partial charge in [0.25, 0.3) is 0 Å². The maximum atomic E-state index is 13.0. The summed E-state index contributed by atoms with van der Waals surface area (Å²) in [4.78, 5) is 3.98. The largest absolute Gasteiger partial charge is 0.416 e. The second-order valence-corrected chi connectivity index (χ2v) is 5.06. The molecule has 0 aliphatic carbocycles. The summed E-state index contributed by atoms with van der Waals surface area (Å²) in [7, 11) is 0. The van der Waals surface area contributed by atoms with E-state index in [0.29, 0.717) is 5.56 Å². The quantitative estimate of drug-likeness (QED) is 0.846. The molecular weight excluding hydrogens is 307 g/mol. The third-order valence-electron chi connectivity index (χ3n) is 3.44. The summed E-state index contributed by atoms with van der Waals surface area (Å²) in [6.07, 6.45) is -4.50. The zero-order chi connectivity index (χ0) is 16.6. The second-order valence-electron chi connectivity index (χ2n) is 5.06. The highest BCUT2D eigenvalue weighted by atomic mass is 19.4. The number of rotatable bonds is 1. The standard InChI is InChI=1S/C16H12F3N3O/c17-16(18,19)11-6-7-13-12(8-11)15(10-4-2-1-3-5-10)22(23)9-14(20)21-13/h1-8,20,23H,9H2. The maximum Gasteiger partial charge on any atom is 0.416 e. The Bertz CT molecular complexity index is 876. The van der Waals surface area contributed by atoms with Crippen molar-refractivity contribution in [1.82, 2.24) is 5.06 Å². The minimum absolute atomic E-state index is 0.135. The van der Waals surface area contributed by atoms with Crippen LogP contribution in [0.1, 0.15) is 11.1 Å². The first-order valence-corrected chi connectivity index (χ1v) is 6.76. The number of hydroxylamine groups is 2. The molecule has 0 saturated heterocycles. The van der Waals surface area contributed by atoms with E-state index in [4.69, 9.17) is 5.41 Å². The smallest absolute Gasteiger partial charge is 0.288 e. The minimum atomic E-state index is -4.50. The molecule has 23 heavy (non-hydrogen) atoms. The Balaban J connectivity index is 2.42. The molecular formula is C16H12F3N3O. The van der Waals surface area contributed by atoms with Crippen LogP contribution in [0.15, 0.2) is 53.5 Å². The van der Waals surface area contributed by atoms with Gasteiger partial charge in [-0.3, -0.25) is 10.6 Å². The SMILES string of the molecule is N=C1CN(O)C(c2ccccc2)=c2cc(C(F)(F)F)ccc2=N1. The van der Waals surface area contributed by atoms with Crippen LogP contribution in [0.25, 0.3) is 5.70 Å². The molecule has 1 aliphatic rings. The van der Waals surface area contributed by atoms with Crippen molar-refractivity contribution in [2.75, 3.05) is 6.54 Å². The molecule has 2 aromatic carbocycles. The first-order valence-electron chi connectivity index (χ1n) is 6.76. The Hall–Kier alpha value is -2.67. The van der Waals surface area contributed by atoms with Crippen LogP contribution in [0, 0.1) is 5.41 Å². The monoisotopic (exact) mass is 319 g/mol. The van der Waals surface area contributed by atoms with Gasteiger partial charge in [-0.1, -0.05) is 30.3 Å². The van der Waals surface area contributed by atoms with Crippen LogP contribution in [-0.2, 0) is 6.18 Å². The molecule has 0 aromatic heterocycles. The molecule has 0 fully saturated rings. The molecule has 1 aliphatic heterocycles. The molecule has 4 nitrogen and oxygen atoms in total. The van der Waals surface area contributed by atoms with Gasteiger partial charge in [-0.05, 0) is 18.2 Å². The number of hydrogen-bond donors (Lipinski definition) is 2. The van der Waals surface area contributed by atoms with E-state index in [0.717, 1.165) is 17.2 Å². The van der Waals surface area contributed by atoms with E-state index in [-0.39, 0.29) is 28.7 Å². The highest BCUT2D eigenvalue weighted by Crippen LogP contribution is 2.27. The highest BCUT2D eigenvalue weighted by Gasteiger charge is 2.31. The number of alkyl halides is 3. The number of fused-ring (bicyclic) bond motifs is 1. The lowest BCUT2D eigenvalue weighted by atomic mass is 10.1. The Morgan fingerprint density at radius 2 is 1.78 bits per heavy atom. The molecule has 0 amide bonds. The van der Waals surface area contributed by atoms with Crippen LogP contribution in [0.3, 0.4) is 0 Å². The van der Waals surface area contributed by atoms with Crippen molar-refractivity contribution >= 4 is 11.5 Å². The fourth-order valence-electron chi connectivity index (χ4n) is 2.44. The summed E-state index contributed by atoms with van der Waals surface area (Å²) >= 11 is 0. The van der Waals surface area contributed by atoms with Crippen LogP contribution in [0.4, 0.5) is 13.2 Å². The molecule has 0 radical (unpaired) electrons. The average Bonchev–Trinajstić information content (AvgIpc) is 2.61. The van der Waals surface area contributed by atoms with Gasteiger partial charge in [0.05, 0.1) is 16.6 Å². The number of benzene rings is 2. The molecule has 7 heteroatoms. The van der Waals surface area contributed by atoms with Crippen LogP contribution in [0.5, 0.6) is 0 Å². The van der Waals surface area contributed by atoms with Gasteiger partial charge in [0.2, 0.25) is 0 Å². The van der Waals surface area contributed by atoms with Gasteiger partial charge in [-0.25, -0.2) is 10.1 Å². The lowest BCUT2D eigenvalue weighted by Crippen LogP contribution is -2.33. The zero-order valence-corrected chi connectivity index (χ0v) is 11.8. The average molecular weight is 319 g/mol. The Morgan fingerprint density at radius 3 is 2.43 bits per heavy atom. The third kappa shape index (κ3) is 2.95. The van der Waals surface area contributed by atoms with Crippen LogP contribution >= 0.6 is 0 Å². The summed E-state index contributed by atoms with van der Waals surface area (Å²) < 4.78 is 39.0. The summed E-state index contributed by atoms with van der Waals surface area (Å²) in [6.45, 7) is -0.208. The van der Waals surface area contributed by atoms with Gasteiger partial charge >= 0.3 is 6.18 Å². The number of hydrogen-bond acceptors (Lipinski definition) is 3. The summed E-state index contributed by atoms with van der Waals surface area (Å²) in [6, 6.07) is 11.6. The minimum Gasteiger partial charge on any atom is -0.288 e. The van der Waals surface area contributed by atoms with Gasteiger partial charge in [-0.2, -0.15) is 13.2 Å². The van der Waals surface area contributed by atoms with Crippen molar-refractivity contribution in [3.05, 3.63) is 70.2 Å². The highest BCUT2D eigenvalue weighted by molar-refractivity contribution is 5.84. The molecule has 0 bridgehead atoms. The molecule has 0 spiro atoms. The van der Waals surface area contributed by atoms with E-state index < -0.39 is 11.7 Å². The second kappa shape index (κ2) is 5.51. The van der Waals surface area contributed by atoms with Gasteiger partial charge < -0.3 is 0 Å². The van der Waals surface area contributed by atoms with Crippen molar-refractivity contribution in [3.63, 3.8) is 0 Å². The number of halogens is 3. The fourth-order valence-corrected chi connectivity index (χ4v) is 2.44. The van der Waals surface area contributed by atoms with Crippen molar-refractivity contribution in [3.8, 4) is 0 Å². The summed E-state index contributed by atoms with van der Waals surface area (Å²) in [5.74, 6) is -0.139. The van der Waals surface area contributed by atoms with E-state index in [9.17, 15) is 18.4 Å². The summed E-state index contributed by atoms with van der Waals surface area (Å²) in [5, 5.41) is 19.1. The molecule has 0 atom stereocenters. The molecule has 1 heterocycles. The van der Waals surface area contributed by atoms with E-state index in [2.05, 4.69) is 4.99 Å². The summed E-state index contributed by atoms with van der Waals surface area (Å²) in [5.41, 5.74) is -0.0973. The van der Waals surface area contributed by atoms with Gasteiger partial charge in [0.1, 0.15) is 12.4 Å². The predicted molar refractivity (Wildman–Crippen MR) is 77.4 cm³/mol. The first-order chi connectivity index (χ1) is 10.9. The maximum absolute atomic E-state index is 13.0. The topological polar surface area (TPSA) is 59.7 Å². The van der Waals surface area contributed by atoms with Crippen LogP contribution < -0.4 is 10.6 Å². The van der Waals surface area contributed by atoms with Crippen LogP contribution in [0.2, 0.25) is 0 Å². The first kappa shape index (κ1) is 15.2.